The number of ether oxygens (including phenoxy) is 1. The zero-order valence-electron chi connectivity index (χ0n) is 11.6. The van der Waals surface area contributed by atoms with Crippen LogP contribution in [0.3, 0.4) is 0 Å². The van der Waals surface area contributed by atoms with Crippen LogP contribution in [0.2, 0.25) is 0 Å². The summed E-state index contributed by atoms with van der Waals surface area (Å²) in [5.41, 5.74) is 3.38. The molecular formula is C15H23NO2. The third-order valence-electron chi connectivity index (χ3n) is 2.94. The zero-order valence-corrected chi connectivity index (χ0v) is 11.6. The summed E-state index contributed by atoms with van der Waals surface area (Å²) in [6.45, 7) is 7.27. The number of carbonyl (C=O) groups excluding carboxylic acids is 1. The topological polar surface area (TPSA) is 38.3 Å². The minimum atomic E-state index is 0.0269. The van der Waals surface area contributed by atoms with Gasteiger partial charge >= 0.3 is 0 Å². The first-order valence-electron chi connectivity index (χ1n) is 6.71. The van der Waals surface area contributed by atoms with Gasteiger partial charge in [0.05, 0.1) is 13.0 Å². The summed E-state index contributed by atoms with van der Waals surface area (Å²) in [4.78, 5) is 11.8. The average Bonchev–Trinajstić information content (AvgIpc) is 2.39. The van der Waals surface area contributed by atoms with E-state index in [2.05, 4.69) is 31.3 Å². The van der Waals surface area contributed by atoms with Crippen molar-refractivity contribution in [3.63, 3.8) is 0 Å². The van der Waals surface area contributed by atoms with E-state index in [4.69, 9.17) is 4.74 Å². The van der Waals surface area contributed by atoms with Gasteiger partial charge < -0.3 is 10.1 Å². The molecule has 0 aliphatic rings. The van der Waals surface area contributed by atoms with Crippen LogP contribution in [-0.4, -0.2) is 19.1 Å². The molecule has 0 aliphatic heterocycles. The van der Waals surface area contributed by atoms with Gasteiger partial charge in [-0.05, 0) is 30.9 Å². The van der Waals surface area contributed by atoms with Crippen molar-refractivity contribution in [3.8, 4) is 0 Å². The fourth-order valence-corrected chi connectivity index (χ4v) is 1.91. The highest BCUT2D eigenvalue weighted by atomic mass is 16.5. The molecule has 3 heteroatoms. The summed E-state index contributed by atoms with van der Waals surface area (Å²) in [6.07, 6.45) is 2.26. The molecule has 0 radical (unpaired) electrons. The van der Waals surface area contributed by atoms with Gasteiger partial charge in [-0.3, -0.25) is 4.79 Å². The van der Waals surface area contributed by atoms with E-state index in [0.29, 0.717) is 19.6 Å². The van der Waals surface area contributed by atoms with Gasteiger partial charge in [-0.1, -0.05) is 32.0 Å². The largest absolute Gasteiger partial charge is 0.381 e. The maximum absolute atomic E-state index is 11.8. The molecule has 0 bridgehead atoms. The molecule has 0 heterocycles. The van der Waals surface area contributed by atoms with Crippen LogP contribution in [0, 0.1) is 0 Å². The predicted octanol–water partition coefficient (Wildman–Crippen LogP) is 3.18. The number of para-hydroxylation sites is 1. The number of hydrogen-bond acceptors (Lipinski definition) is 2. The fourth-order valence-electron chi connectivity index (χ4n) is 1.91. The Labute approximate surface area is 110 Å². The first-order valence-corrected chi connectivity index (χ1v) is 6.71. The molecular weight excluding hydrogens is 226 g/mol. The normalized spacial score (nSPS) is 10.4. The van der Waals surface area contributed by atoms with E-state index in [1.165, 1.54) is 11.1 Å². The molecule has 1 rings (SSSR count). The second kappa shape index (κ2) is 7.88. The summed E-state index contributed by atoms with van der Waals surface area (Å²) < 4.78 is 5.19. The number of aryl methyl sites for hydroxylation is 2. The van der Waals surface area contributed by atoms with Gasteiger partial charge in [-0.15, -0.1) is 0 Å². The maximum Gasteiger partial charge on any atom is 0.226 e. The number of rotatable bonds is 7. The molecule has 0 unspecified atom stereocenters. The molecule has 0 saturated heterocycles. The first-order chi connectivity index (χ1) is 8.72. The van der Waals surface area contributed by atoms with Gasteiger partial charge in [0.15, 0.2) is 0 Å². The molecule has 100 valence electrons. The lowest BCUT2D eigenvalue weighted by molar-refractivity contribution is -0.117. The monoisotopic (exact) mass is 249 g/mol. The Kier molecular flexibility index (Phi) is 6.44. The summed E-state index contributed by atoms with van der Waals surface area (Å²) >= 11 is 0. The Hall–Kier alpha value is -1.35. The lowest BCUT2D eigenvalue weighted by Gasteiger charge is -2.14. The van der Waals surface area contributed by atoms with E-state index in [1.54, 1.807) is 0 Å². The SMILES string of the molecule is CCOCCC(=O)Nc1c(CC)cccc1CC. The number of carbonyl (C=O) groups is 1. The molecule has 1 amide bonds. The minimum Gasteiger partial charge on any atom is -0.381 e. The third-order valence-corrected chi connectivity index (χ3v) is 2.94. The van der Waals surface area contributed by atoms with Crippen molar-refractivity contribution in [1.82, 2.24) is 0 Å². The first kappa shape index (κ1) is 14.7. The van der Waals surface area contributed by atoms with Crippen LogP contribution in [0.1, 0.15) is 38.3 Å². The van der Waals surface area contributed by atoms with Crippen LogP contribution in [0.5, 0.6) is 0 Å². The van der Waals surface area contributed by atoms with Crippen molar-refractivity contribution in [3.05, 3.63) is 29.3 Å². The van der Waals surface area contributed by atoms with Crippen LogP contribution in [0.15, 0.2) is 18.2 Å². The maximum atomic E-state index is 11.8. The summed E-state index contributed by atoms with van der Waals surface area (Å²) in [5, 5.41) is 3.02. The van der Waals surface area contributed by atoms with Gasteiger partial charge in [0.1, 0.15) is 0 Å². The summed E-state index contributed by atoms with van der Waals surface area (Å²) in [7, 11) is 0. The molecule has 0 aliphatic carbocycles. The highest BCUT2D eigenvalue weighted by Crippen LogP contribution is 2.22. The van der Waals surface area contributed by atoms with E-state index in [1.807, 2.05) is 13.0 Å². The standard InChI is InChI=1S/C15H23NO2/c1-4-12-8-7-9-13(5-2)15(12)16-14(17)10-11-18-6-3/h7-9H,4-6,10-11H2,1-3H3,(H,16,17). The van der Waals surface area contributed by atoms with Crippen molar-refractivity contribution in [2.75, 3.05) is 18.5 Å². The quantitative estimate of drug-likeness (QED) is 0.754. The second-order valence-electron chi connectivity index (χ2n) is 4.15. The molecule has 1 aromatic rings. The molecule has 0 saturated carbocycles. The Morgan fingerprint density at radius 3 is 2.28 bits per heavy atom. The second-order valence-corrected chi connectivity index (χ2v) is 4.15. The van der Waals surface area contributed by atoms with E-state index in [9.17, 15) is 4.79 Å². The summed E-state index contributed by atoms with van der Waals surface area (Å²) in [6, 6.07) is 6.18. The number of benzene rings is 1. The van der Waals surface area contributed by atoms with Crippen LogP contribution in [0.4, 0.5) is 5.69 Å². The lowest BCUT2D eigenvalue weighted by atomic mass is 10.0. The Balaban J connectivity index is 2.72. The van der Waals surface area contributed by atoms with Crippen molar-refractivity contribution in [2.24, 2.45) is 0 Å². The van der Waals surface area contributed by atoms with Gasteiger partial charge in [-0.25, -0.2) is 0 Å². The number of hydrogen-bond donors (Lipinski definition) is 1. The van der Waals surface area contributed by atoms with E-state index >= 15 is 0 Å². The molecule has 3 nitrogen and oxygen atoms in total. The fraction of sp³-hybridized carbons (Fsp3) is 0.533. The van der Waals surface area contributed by atoms with Crippen LogP contribution < -0.4 is 5.32 Å². The van der Waals surface area contributed by atoms with Gasteiger partial charge in [-0.2, -0.15) is 0 Å². The molecule has 18 heavy (non-hydrogen) atoms. The molecule has 0 fully saturated rings. The Morgan fingerprint density at radius 1 is 1.17 bits per heavy atom. The van der Waals surface area contributed by atoms with Crippen LogP contribution in [0.25, 0.3) is 0 Å². The molecule has 0 atom stereocenters. The van der Waals surface area contributed by atoms with Gasteiger partial charge in [0.25, 0.3) is 0 Å². The third kappa shape index (κ3) is 4.15. The Bertz CT molecular complexity index is 366. The van der Waals surface area contributed by atoms with Crippen molar-refractivity contribution >= 4 is 11.6 Å². The number of amides is 1. The van der Waals surface area contributed by atoms with Crippen molar-refractivity contribution in [2.45, 2.75) is 40.0 Å². The molecule has 1 aromatic carbocycles. The number of nitrogens with one attached hydrogen (secondary N) is 1. The minimum absolute atomic E-state index is 0.0269. The van der Waals surface area contributed by atoms with Crippen molar-refractivity contribution < 1.29 is 9.53 Å². The van der Waals surface area contributed by atoms with Crippen LogP contribution >= 0.6 is 0 Å². The Morgan fingerprint density at radius 2 is 1.78 bits per heavy atom. The van der Waals surface area contributed by atoms with Crippen molar-refractivity contribution in [1.29, 1.82) is 0 Å². The molecule has 0 spiro atoms. The zero-order chi connectivity index (χ0) is 13.4. The van der Waals surface area contributed by atoms with E-state index in [0.717, 1.165) is 18.5 Å². The smallest absolute Gasteiger partial charge is 0.226 e. The highest BCUT2D eigenvalue weighted by molar-refractivity contribution is 5.92. The van der Waals surface area contributed by atoms with Gasteiger partial charge in [0.2, 0.25) is 5.91 Å². The van der Waals surface area contributed by atoms with Gasteiger partial charge in [0, 0.05) is 12.3 Å². The number of anilines is 1. The molecule has 1 N–H and O–H groups in total. The van der Waals surface area contributed by atoms with E-state index in [-0.39, 0.29) is 5.91 Å². The van der Waals surface area contributed by atoms with E-state index < -0.39 is 0 Å². The highest BCUT2D eigenvalue weighted by Gasteiger charge is 2.09. The van der Waals surface area contributed by atoms with Crippen LogP contribution in [-0.2, 0) is 22.4 Å². The predicted molar refractivity (Wildman–Crippen MR) is 74.9 cm³/mol. The average molecular weight is 249 g/mol. The summed E-state index contributed by atoms with van der Waals surface area (Å²) in [5.74, 6) is 0.0269. The lowest BCUT2D eigenvalue weighted by Crippen LogP contribution is -2.16. The molecule has 0 aromatic heterocycles.